The number of benzene rings is 1. The summed E-state index contributed by atoms with van der Waals surface area (Å²) in [5.74, 6) is -0.279. The number of fused-ring (bicyclic) bond motifs is 2. The smallest absolute Gasteiger partial charge is 0.418 e. The van der Waals surface area contributed by atoms with Crippen molar-refractivity contribution in [1.29, 1.82) is 0 Å². The van der Waals surface area contributed by atoms with E-state index in [1.54, 1.807) is 6.92 Å². The molecule has 2 fully saturated rings. The lowest BCUT2D eigenvalue weighted by molar-refractivity contribution is -0.159. The van der Waals surface area contributed by atoms with E-state index in [9.17, 15) is 32.0 Å². The highest BCUT2D eigenvalue weighted by Gasteiger charge is 2.45. The standard InChI is InChI=1S/C32H39BrClF3N8O4.C2H2F2/c1-2-45(47)29(46)27(39)26(33)23-15-43(9-5-8-40-23)28-20-16-48-24(19-12-18(38)13-21(34)25(19)32(35,36)37)14-22(20)41-30(42-28)49-17-31-6-3-10-44(31)11-4-7-31;1-2(3)4/h12-13,24,47H,2-11,14-17,38-39H2,1H3;1H2/b27-26+;. The van der Waals surface area contributed by atoms with Gasteiger partial charge in [0, 0.05) is 37.3 Å². The summed E-state index contributed by atoms with van der Waals surface area (Å²) in [6.45, 7) is 7.32. The first-order chi connectivity index (χ1) is 25.0. The molecule has 0 radical (unpaired) electrons. The summed E-state index contributed by atoms with van der Waals surface area (Å²) in [6.07, 6.45) is -2.81. The normalized spacial score (nSPS) is 20.3. The monoisotopic (exact) mass is 834 g/mol. The molecule has 0 saturated carbocycles. The molecule has 0 aliphatic carbocycles. The summed E-state index contributed by atoms with van der Waals surface area (Å²) in [5, 5.41) is 9.96. The fraction of sp³-hybridized carbons (Fsp3) is 0.529. The number of carbonyl (C=O) groups is 1. The van der Waals surface area contributed by atoms with Gasteiger partial charge >= 0.3 is 12.2 Å². The van der Waals surface area contributed by atoms with E-state index >= 15 is 0 Å². The lowest BCUT2D eigenvalue weighted by Crippen LogP contribution is -2.43. The van der Waals surface area contributed by atoms with Crippen LogP contribution in [-0.2, 0) is 28.7 Å². The molecule has 19 heteroatoms. The van der Waals surface area contributed by atoms with E-state index in [0.29, 0.717) is 54.0 Å². The van der Waals surface area contributed by atoms with Crippen LogP contribution in [0.2, 0.25) is 5.02 Å². The Labute approximate surface area is 316 Å². The zero-order valence-corrected chi connectivity index (χ0v) is 31.3. The summed E-state index contributed by atoms with van der Waals surface area (Å²) in [5.41, 5.74) is 12.3. The minimum absolute atomic E-state index is 0.00940. The molecule has 5 N–H and O–H groups in total. The number of halogens is 7. The molecule has 12 nitrogen and oxygen atoms in total. The minimum atomic E-state index is -4.74. The van der Waals surface area contributed by atoms with Crippen molar-refractivity contribution in [1.82, 2.24) is 19.9 Å². The van der Waals surface area contributed by atoms with E-state index in [0.717, 1.165) is 44.8 Å². The van der Waals surface area contributed by atoms with E-state index in [-0.39, 0.29) is 59.1 Å². The van der Waals surface area contributed by atoms with Crippen LogP contribution < -0.4 is 21.1 Å². The maximum absolute atomic E-state index is 14.2. The molecule has 290 valence electrons. The van der Waals surface area contributed by atoms with Gasteiger partial charge in [0.15, 0.2) is 0 Å². The van der Waals surface area contributed by atoms with Crippen molar-refractivity contribution in [3.8, 4) is 6.01 Å². The number of likely N-dealkylation sites (N-methyl/N-ethyl adjacent to an activating group) is 1. The third kappa shape index (κ3) is 9.21. The first-order valence-corrected chi connectivity index (χ1v) is 18.2. The van der Waals surface area contributed by atoms with Gasteiger partial charge in [0.05, 0.1) is 51.3 Å². The molecule has 0 bridgehead atoms. The largest absolute Gasteiger partial charge is 0.461 e. The third-order valence-corrected chi connectivity index (χ3v) is 10.9. The van der Waals surface area contributed by atoms with Gasteiger partial charge in [-0.15, -0.1) is 0 Å². The van der Waals surface area contributed by atoms with Crippen molar-refractivity contribution >= 4 is 50.7 Å². The fourth-order valence-corrected chi connectivity index (χ4v) is 8.02. The van der Waals surface area contributed by atoms with Crippen molar-refractivity contribution < 1.29 is 41.4 Å². The second kappa shape index (κ2) is 16.8. The maximum atomic E-state index is 14.2. The number of nitrogen functional groups attached to an aromatic ring is 1. The predicted molar refractivity (Wildman–Crippen MR) is 192 cm³/mol. The number of hydrogen-bond donors (Lipinski definition) is 3. The van der Waals surface area contributed by atoms with Crippen molar-refractivity contribution in [3.05, 3.63) is 62.4 Å². The molecule has 1 aromatic heterocycles. The molecule has 53 heavy (non-hydrogen) atoms. The molecule has 1 atom stereocenters. The van der Waals surface area contributed by atoms with Crippen LogP contribution >= 0.6 is 27.5 Å². The van der Waals surface area contributed by atoms with Crippen LogP contribution in [0, 0.1) is 0 Å². The van der Waals surface area contributed by atoms with Gasteiger partial charge in [0.2, 0.25) is 0 Å². The van der Waals surface area contributed by atoms with Crippen LogP contribution in [0.4, 0.5) is 33.5 Å². The van der Waals surface area contributed by atoms with Gasteiger partial charge < -0.3 is 25.8 Å². The Morgan fingerprint density at radius 3 is 2.53 bits per heavy atom. The van der Waals surface area contributed by atoms with E-state index in [1.165, 1.54) is 6.07 Å². The molecular weight excluding hydrogens is 795 g/mol. The molecule has 1 aromatic carbocycles. The lowest BCUT2D eigenvalue weighted by Gasteiger charge is -2.33. The number of hydroxylamine groups is 2. The van der Waals surface area contributed by atoms with Crippen molar-refractivity contribution in [2.24, 2.45) is 10.7 Å². The van der Waals surface area contributed by atoms with E-state index in [1.807, 2.05) is 4.90 Å². The number of aliphatic imine (C=N–C) groups is 1. The zero-order valence-electron chi connectivity index (χ0n) is 29.0. The van der Waals surface area contributed by atoms with Crippen LogP contribution in [0.3, 0.4) is 0 Å². The molecule has 5 heterocycles. The van der Waals surface area contributed by atoms with Crippen molar-refractivity contribution in [3.63, 3.8) is 0 Å². The highest BCUT2D eigenvalue weighted by atomic mass is 79.9. The number of carbonyl (C=O) groups excluding carboxylic acids is 1. The molecule has 2 aromatic rings. The highest BCUT2D eigenvalue weighted by Crippen LogP contribution is 2.45. The van der Waals surface area contributed by atoms with Crippen LogP contribution in [0.1, 0.15) is 67.5 Å². The third-order valence-electron chi connectivity index (χ3n) is 9.70. The number of ether oxygens (including phenoxy) is 2. The Morgan fingerprint density at radius 2 is 1.89 bits per heavy atom. The minimum Gasteiger partial charge on any atom is -0.461 e. The van der Waals surface area contributed by atoms with Gasteiger partial charge in [0.25, 0.3) is 12.0 Å². The van der Waals surface area contributed by atoms with Crippen molar-refractivity contribution in [2.45, 2.75) is 69.9 Å². The Morgan fingerprint density at radius 1 is 1.21 bits per heavy atom. The average molecular weight is 836 g/mol. The molecule has 6 rings (SSSR count). The lowest BCUT2D eigenvalue weighted by atomic mass is 9.94. The molecule has 2 saturated heterocycles. The molecule has 0 spiro atoms. The predicted octanol–water partition coefficient (Wildman–Crippen LogP) is 6.40. The Hall–Kier alpha value is -3.58. The van der Waals surface area contributed by atoms with Crippen molar-refractivity contribution in [2.75, 3.05) is 56.5 Å². The van der Waals surface area contributed by atoms with Gasteiger partial charge in [-0.25, -0.2) is 5.06 Å². The van der Waals surface area contributed by atoms with Crippen LogP contribution in [0.25, 0.3) is 0 Å². The van der Waals surface area contributed by atoms with Gasteiger partial charge in [-0.1, -0.05) is 11.6 Å². The van der Waals surface area contributed by atoms with Crippen LogP contribution in [0.15, 0.2) is 40.0 Å². The Balaban J connectivity index is 0.00000129. The summed E-state index contributed by atoms with van der Waals surface area (Å²) >= 11 is 9.50. The number of amides is 1. The molecule has 1 amide bonds. The van der Waals surface area contributed by atoms with Gasteiger partial charge in [-0.3, -0.25) is 19.9 Å². The molecule has 4 aliphatic rings. The van der Waals surface area contributed by atoms with Gasteiger partial charge in [-0.05, 0) is 92.3 Å². The second-order valence-corrected chi connectivity index (χ2v) is 14.3. The number of nitrogens with zero attached hydrogens (tertiary/aromatic N) is 6. The van der Waals surface area contributed by atoms with Crippen LogP contribution in [-0.4, -0.2) is 88.2 Å². The highest BCUT2D eigenvalue weighted by molar-refractivity contribution is 9.12. The van der Waals surface area contributed by atoms with Crippen LogP contribution in [0.5, 0.6) is 6.01 Å². The summed E-state index contributed by atoms with van der Waals surface area (Å²) in [6, 6.07) is 2.45. The number of rotatable bonds is 8. The molecular formula is C34H41BrClF5N8O4. The quantitative estimate of drug-likeness (QED) is 0.0895. The van der Waals surface area contributed by atoms with E-state index < -0.39 is 34.9 Å². The summed E-state index contributed by atoms with van der Waals surface area (Å²) in [7, 11) is 0. The number of alkyl halides is 3. The number of nitrogens with two attached hydrogens (primary N) is 2. The Kier molecular flexibility index (Phi) is 12.9. The molecule has 1 unspecified atom stereocenters. The number of anilines is 2. The molecule has 4 aliphatic heterocycles. The van der Waals surface area contributed by atoms with E-state index in [4.69, 9.17) is 42.5 Å². The fourth-order valence-electron chi connectivity index (χ4n) is 7.26. The summed E-state index contributed by atoms with van der Waals surface area (Å²) < 4.78 is 75.7. The topological polar surface area (TPSA) is 156 Å². The Bertz CT molecular complexity index is 1770. The van der Waals surface area contributed by atoms with Gasteiger partial charge in [0.1, 0.15) is 18.1 Å². The van der Waals surface area contributed by atoms with E-state index in [2.05, 4.69) is 32.4 Å². The number of aromatic nitrogens is 2. The first-order valence-electron chi connectivity index (χ1n) is 17.0. The first kappa shape index (κ1) is 40.6. The number of hydrogen-bond acceptors (Lipinski definition) is 11. The van der Waals surface area contributed by atoms with Gasteiger partial charge in [-0.2, -0.15) is 31.9 Å². The zero-order chi connectivity index (χ0) is 38.7. The average Bonchev–Trinajstić information content (AvgIpc) is 3.59. The second-order valence-electron chi connectivity index (χ2n) is 13.1. The maximum Gasteiger partial charge on any atom is 0.418 e. The SMILES string of the molecule is C=C(F)F.CCN(O)C(=O)/C(N)=C(\Br)C1=NCCCN(c2nc(OCC34CCCN3CCC4)nc3c2COC(c2cc(N)cc(Cl)c2C(F)(F)F)C3)C1. The summed E-state index contributed by atoms with van der Waals surface area (Å²) in [4.78, 5) is 31.3.